The highest BCUT2D eigenvalue weighted by Gasteiger charge is 2.36. The summed E-state index contributed by atoms with van der Waals surface area (Å²) in [4.78, 5) is 16.7. The van der Waals surface area contributed by atoms with Crippen molar-refractivity contribution >= 4 is 28.6 Å². The molecule has 3 rings (SSSR count). The molecule has 0 aliphatic heterocycles. The van der Waals surface area contributed by atoms with E-state index in [1.54, 1.807) is 0 Å². The summed E-state index contributed by atoms with van der Waals surface area (Å²) in [6.07, 6.45) is 5.97. The van der Waals surface area contributed by atoms with Crippen LogP contribution in [0.5, 0.6) is 0 Å². The first-order valence-corrected chi connectivity index (χ1v) is 11.2. The lowest BCUT2D eigenvalue weighted by atomic mass is 9.84. The number of carbonyl (C=O) groups is 1. The van der Waals surface area contributed by atoms with Gasteiger partial charge in [0.15, 0.2) is 0 Å². The van der Waals surface area contributed by atoms with Crippen LogP contribution in [-0.2, 0) is 24.4 Å². The second-order valence-corrected chi connectivity index (χ2v) is 8.83. The fraction of sp³-hybridized carbons (Fsp3) is 0.545. The van der Waals surface area contributed by atoms with Gasteiger partial charge in [0.2, 0.25) is 0 Å². The Labute approximate surface area is 180 Å². The predicted octanol–water partition coefficient (Wildman–Crippen LogP) is 4.61. The van der Waals surface area contributed by atoms with E-state index in [4.69, 9.17) is 0 Å². The highest BCUT2D eigenvalue weighted by Crippen LogP contribution is 2.41. The minimum Gasteiger partial charge on any atom is -0.481 e. The number of unbranched alkanes of at least 4 members (excludes halogenated alkanes) is 1. The van der Waals surface area contributed by atoms with E-state index in [9.17, 15) is 15.0 Å². The number of aryl methyl sites for hydroxylation is 1. The summed E-state index contributed by atoms with van der Waals surface area (Å²) in [5.41, 5.74) is 1.80. The summed E-state index contributed by atoms with van der Waals surface area (Å²) in [7, 11) is 0. The summed E-state index contributed by atoms with van der Waals surface area (Å²) in [5, 5.41) is 19.7. The molecule has 3 atom stereocenters. The Morgan fingerprint density at radius 1 is 1.32 bits per heavy atom. The number of carboxylic acids is 1. The number of rotatable bonds is 9. The largest absolute Gasteiger partial charge is 0.481 e. The lowest BCUT2D eigenvalue weighted by Crippen LogP contribution is -2.21. The number of halogens is 1. The third-order valence-electron chi connectivity index (χ3n) is 5.93. The first kappa shape index (κ1) is 21.3. The van der Waals surface area contributed by atoms with Gasteiger partial charge in [0.25, 0.3) is 0 Å². The highest BCUT2D eigenvalue weighted by atomic mass is 127. The SMILES string of the molecule is CCCCc1nc(I)c(CO)n1CC1CCC(C(C(=O)O)c2ccccc2)C1. The summed E-state index contributed by atoms with van der Waals surface area (Å²) in [6.45, 7) is 2.99. The van der Waals surface area contributed by atoms with Gasteiger partial charge < -0.3 is 14.8 Å². The van der Waals surface area contributed by atoms with Crippen molar-refractivity contribution in [1.82, 2.24) is 9.55 Å². The normalized spacial score (nSPS) is 20.4. The maximum absolute atomic E-state index is 12.0. The number of aromatic nitrogens is 2. The Morgan fingerprint density at radius 3 is 2.71 bits per heavy atom. The van der Waals surface area contributed by atoms with Crippen LogP contribution >= 0.6 is 22.6 Å². The quantitative estimate of drug-likeness (QED) is 0.498. The molecule has 1 aromatic heterocycles. The molecular weight excluding hydrogens is 467 g/mol. The Hall–Kier alpha value is -1.41. The number of aliphatic hydroxyl groups excluding tert-OH is 1. The molecule has 1 aliphatic carbocycles. The number of hydrogen-bond donors (Lipinski definition) is 2. The van der Waals surface area contributed by atoms with Crippen molar-refractivity contribution in [2.24, 2.45) is 11.8 Å². The van der Waals surface area contributed by atoms with Crippen LogP contribution in [0.4, 0.5) is 0 Å². The van der Waals surface area contributed by atoms with Gasteiger partial charge in [-0.15, -0.1) is 0 Å². The molecule has 1 fully saturated rings. The zero-order valence-electron chi connectivity index (χ0n) is 16.4. The number of benzene rings is 1. The fourth-order valence-electron chi connectivity index (χ4n) is 4.51. The highest BCUT2D eigenvalue weighted by molar-refractivity contribution is 14.1. The Bertz CT molecular complexity index is 791. The maximum atomic E-state index is 12.0. The van der Waals surface area contributed by atoms with Crippen molar-refractivity contribution < 1.29 is 15.0 Å². The molecule has 152 valence electrons. The second-order valence-electron chi connectivity index (χ2n) is 7.80. The number of carboxylic acid groups (broad SMARTS) is 1. The van der Waals surface area contributed by atoms with Gasteiger partial charge in [0, 0.05) is 13.0 Å². The van der Waals surface area contributed by atoms with Gasteiger partial charge in [-0.1, -0.05) is 43.7 Å². The molecule has 2 N–H and O–H groups in total. The zero-order chi connectivity index (χ0) is 20.1. The van der Waals surface area contributed by atoms with Crippen LogP contribution in [0, 0.1) is 15.5 Å². The van der Waals surface area contributed by atoms with E-state index in [1.807, 2.05) is 30.3 Å². The van der Waals surface area contributed by atoms with E-state index in [0.717, 1.165) is 65.9 Å². The van der Waals surface area contributed by atoms with Crippen LogP contribution in [-0.4, -0.2) is 25.7 Å². The van der Waals surface area contributed by atoms with Crippen LogP contribution in [0.3, 0.4) is 0 Å². The first-order valence-electron chi connectivity index (χ1n) is 10.2. The molecule has 0 saturated heterocycles. The number of aliphatic hydroxyl groups is 1. The van der Waals surface area contributed by atoms with Crippen molar-refractivity contribution in [3.8, 4) is 0 Å². The van der Waals surface area contributed by atoms with Gasteiger partial charge in [0.05, 0.1) is 18.2 Å². The molecule has 2 aromatic rings. The monoisotopic (exact) mass is 496 g/mol. The first-order chi connectivity index (χ1) is 13.5. The van der Waals surface area contributed by atoms with Crippen LogP contribution in [0.1, 0.15) is 62.0 Å². The molecule has 0 radical (unpaired) electrons. The second kappa shape index (κ2) is 9.87. The van der Waals surface area contributed by atoms with Crippen LogP contribution in [0.2, 0.25) is 0 Å². The van der Waals surface area contributed by atoms with E-state index < -0.39 is 11.9 Å². The van der Waals surface area contributed by atoms with E-state index in [0.29, 0.717) is 5.92 Å². The Morgan fingerprint density at radius 2 is 2.07 bits per heavy atom. The molecule has 1 aromatic carbocycles. The molecule has 0 spiro atoms. The van der Waals surface area contributed by atoms with Crippen LogP contribution in [0.25, 0.3) is 0 Å². The Balaban J connectivity index is 1.75. The minimum atomic E-state index is -0.728. The number of aliphatic carboxylic acids is 1. The van der Waals surface area contributed by atoms with Crippen LogP contribution in [0.15, 0.2) is 30.3 Å². The van der Waals surface area contributed by atoms with Gasteiger partial charge >= 0.3 is 5.97 Å². The summed E-state index contributed by atoms with van der Waals surface area (Å²) >= 11 is 2.21. The van der Waals surface area contributed by atoms with Crippen molar-refractivity contribution in [3.05, 3.63) is 51.1 Å². The van der Waals surface area contributed by atoms with E-state index >= 15 is 0 Å². The standard InChI is InChI=1S/C22H29IN2O3/c1-2-3-9-19-24-21(23)18(14-26)25(19)13-15-10-11-17(12-15)20(22(27)28)16-7-5-4-6-8-16/h4-8,15,17,20,26H,2-3,9-14H2,1H3,(H,27,28). The molecule has 3 unspecified atom stereocenters. The molecule has 6 heteroatoms. The predicted molar refractivity (Wildman–Crippen MR) is 117 cm³/mol. The molecule has 28 heavy (non-hydrogen) atoms. The zero-order valence-corrected chi connectivity index (χ0v) is 18.5. The van der Waals surface area contributed by atoms with Gasteiger partial charge in [-0.3, -0.25) is 4.79 Å². The summed E-state index contributed by atoms with van der Waals surface area (Å²) < 4.78 is 3.08. The lowest BCUT2D eigenvalue weighted by molar-refractivity contribution is -0.140. The minimum absolute atomic E-state index is 0.00465. The summed E-state index contributed by atoms with van der Waals surface area (Å²) in [5.74, 6) is 0.465. The average Bonchev–Trinajstić information content (AvgIpc) is 3.25. The fourth-order valence-corrected chi connectivity index (χ4v) is 5.25. The van der Waals surface area contributed by atoms with Crippen molar-refractivity contribution in [2.75, 3.05) is 0 Å². The van der Waals surface area contributed by atoms with E-state index in [2.05, 4.69) is 39.1 Å². The third kappa shape index (κ3) is 4.76. The molecule has 5 nitrogen and oxygen atoms in total. The summed E-state index contributed by atoms with van der Waals surface area (Å²) in [6, 6.07) is 9.61. The number of imidazole rings is 1. The van der Waals surface area contributed by atoms with Crippen molar-refractivity contribution in [1.29, 1.82) is 0 Å². The lowest BCUT2D eigenvalue weighted by Gasteiger charge is -2.21. The van der Waals surface area contributed by atoms with Gasteiger partial charge in [-0.05, 0) is 65.7 Å². The van der Waals surface area contributed by atoms with E-state index in [1.165, 1.54) is 0 Å². The number of nitrogens with zero attached hydrogens (tertiary/aromatic N) is 2. The van der Waals surface area contributed by atoms with Crippen LogP contribution < -0.4 is 0 Å². The third-order valence-corrected chi connectivity index (χ3v) is 6.79. The molecule has 1 saturated carbocycles. The number of hydrogen-bond acceptors (Lipinski definition) is 3. The van der Waals surface area contributed by atoms with Crippen molar-refractivity contribution in [2.45, 2.75) is 64.5 Å². The maximum Gasteiger partial charge on any atom is 0.311 e. The molecule has 1 heterocycles. The van der Waals surface area contributed by atoms with Crippen molar-refractivity contribution in [3.63, 3.8) is 0 Å². The van der Waals surface area contributed by atoms with Gasteiger partial charge in [-0.25, -0.2) is 4.98 Å². The molecular formula is C22H29IN2O3. The van der Waals surface area contributed by atoms with Gasteiger partial charge in [0.1, 0.15) is 9.53 Å². The van der Waals surface area contributed by atoms with Gasteiger partial charge in [-0.2, -0.15) is 0 Å². The average molecular weight is 496 g/mol. The molecule has 0 amide bonds. The Kier molecular flexibility index (Phi) is 7.51. The smallest absolute Gasteiger partial charge is 0.311 e. The topological polar surface area (TPSA) is 75.4 Å². The molecule has 1 aliphatic rings. The molecule has 0 bridgehead atoms. The van der Waals surface area contributed by atoms with E-state index in [-0.39, 0.29) is 12.5 Å².